The minimum absolute atomic E-state index is 0.238. The molecule has 4 N–H and O–H groups in total. The molecule has 0 aromatic carbocycles. The highest BCUT2D eigenvalue weighted by Crippen LogP contribution is 2.21. The molecule has 0 bridgehead atoms. The molecular weight excluding hydrogens is 194 g/mol. The molecule has 0 radical (unpaired) electrons. The van der Waals surface area contributed by atoms with Gasteiger partial charge < -0.3 is 20.6 Å². The average Bonchev–Trinajstić information content (AvgIpc) is 2.27. The van der Waals surface area contributed by atoms with E-state index in [0.29, 0.717) is 6.04 Å². The summed E-state index contributed by atoms with van der Waals surface area (Å²) in [7, 11) is 0. The summed E-state index contributed by atoms with van der Waals surface area (Å²) < 4.78 is 0. The van der Waals surface area contributed by atoms with Crippen molar-refractivity contribution in [3.63, 3.8) is 0 Å². The number of hydrogen-bond donors (Lipinski definition) is 4. The van der Waals surface area contributed by atoms with Gasteiger partial charge in [-0.2, -0.15) is 0 Å². The molecule has 4 nitrogen and oxygen atoms in total. The van der Waals surface area contributed by atoms with Gasteiger partial charge in [0.2, 0.25) is 0 Å². The zero-order valence-electron chi connectivity index (χ0n) is 9.45. The van der Waals surface area contributed by atoms with Gasteiger partial charge in [-0.1, -0.05) is 19.3 Å². The molecule has 1 atom stereocenters. The Balaban J connectivity index is 2.56. The lowest BCUT2D eigenvalue weighted by molar-refractivity contribution is -0.0158. The standard InChI is InChI=1S/C11H23NO3/c1-9(15)11(7-13,8-14)12-10-5-3-2-4-6-10/h9-10,12-15H,2-8H2,1H3. The first-order chi connectivity index (χ1) is 7.14. The summed E-state index contributed by atoms with van der Waals surface area (Å²) in [4.78, 5) is 0. The third-order valence-electron chi connectivity index (χ3n) is 3.46. The van der Waals surface area contributed by atoms with E-state index in [4.69, 9.17) is 0 Å². The Morgan fingerprint density at radius 2 is 1.73 bits per heavy atom. The summed E-state index contributed by atoms with van der Waals surface area (Å²) >= 11 is 0. The van der Waals surface area contributed by atoms with Crippen LogP contribution >= 0.6 is 0 Å². The molecule has 15 heavy (non-hydrogen) atoms. The van der Waals surface area contributed by atoms with E-state index < -0.39 is 11.6 Å². The Morgan fingerprint density at radius 3 is 2.13 bits per heavy atom. The SMILES string of the molecule is CC(O)C(CO)(CO)NC1CCCCC1. The lowest BCUT2D eigenvalue weighted by Gasteiger charge is -2.39. The van der Waals surface area contributed by atoms with Gasteiger partial charge in [-0.15, -0.1) is 0 Å². The van der Waals surface area contributed by atoms with E-state index in [1.807, 2.05) is 0 Å². The smallest absolute Gasteiger partial charge is 0.0909 e. The zero-order valence-corrected chi connectivity index (χ0v) is 9.45. The van der Waals surface area contributed by atoms with Crippen molar-refractivity contribution in [2.24, 2.45) is 0 Å². The molecule has 0 aliphatic heterocycles. The van der Waals surface area contributed by atoms with Crippen LogP contribution in [-0.4, -0.2) is 46.2 Å². The van der Waals surface area contributed by atoms with Crippen molar-refractivity contribution in [2.45, 2.75) is 56.7 Å². The van der Waals surface area contributed by atoms with E-state index in [9.17, 15) is 15.3 Å². The second-order valence-corrected chi connectivity index (χ2v) is 4.63. The molecule has 1 aliphatic rings. The predicted molar refractivity (Wildman–Crippen MR) is 58.6 cm³/mol. The molecule has 0 aromatic heterocycles. The van der Waals surface area contributed by atoms with E-state index in [1.165, 1.54) is 19.3 Å². The van der Waals surface area contributed by atoms with Crippen molar-refractivity contribution >= 4 is 0 Å². The van der Waals surface area contributed by atoms with Crippen LogP contribution in [0.5, 0.6) is 0 Å². The summed E-state index contributed by atoms with van der Waals surface area (Å²) in [5.41, 5.74) is -0.942. The monoisotopic (exact) mass is 217 g/mol. The van der Waals surface area contributed by atoms with Gasteiger partial charge in [-0.3, -0.25) is 0 Å². The van der Waals surface area contributed by atoms with Crippen LogP contribution in [0.1, 0.15) is 39.0 Å². The van der Waals surface area contributed by atoms with Crippen molar-refractivity contribution in [3.8, 4) is 0 Å². The molecule has 1 aliphatic carbocycles. The predicted octanol–water partition coefficient (Wildman–Crippen LogP) is 0.0129. The fourth-order valence-corrected chi connectivity index (χ4v) is 2.18. The summed E-state index contributed by atoms with van der Waals surface area (Å²) in [6, 6.07) is 0.313. The number of aliphatic hydroxyl groups excluding tert-OH is 3. The molecule has 0 amide bonds. The summed E-state index contributed by atoms with van der Waals surface area (Å²) in [6.07, 6.45) is 5.00. The van der Waals surface area contributed by atoms with E-state index in [2.05, 4.69) is 5.32 Å². The Kier molecular flexibility index (Phi) is 4.99. The van der Waals surface area contributed by atoms with E-state index in [-0.39, 0.29) is 13.2 Å². The van der Waals surface area contributed by atoms with Crippen LogP contribution in [0.2, 0.25) is 0 Å². The van der Waals surface area contributed by atoms with Gasteiger partial charge in [-0.05, 0) is 19.8 Å². The molecule has 1 fully saturated rings. The Hall–Kier alpha value is -0.160. The molecule has 1 saturated carbocycles. The quantitative estimate of drug-likeness (QED) is 0.523. The van der Waals surface area contributed by atoms with Crippen molar-refractivity contribution in [2.75, 3.05) is 13.2 Å². The topological polar surface area (TPSA) is 72.7 Å². The van der Waals surface area contributed by atoms with Crippen LogP contribution in [0, 0.1) is 0 Å². The fraction of sp³-hybridized carbons (Fsp3) is 1.00. The largest absolute Gasteiger partial charge is 0.394 e. The Labute approximate surface area is 91.3 Å². The molecule has 90 valence electrons. The molecular formula is C11H23NO3. The maximum atomic E-state index is 9.61. The highest BCUT2D eigenvalue weighted by molar-refractivity contribution is 4.95. The van der Waals surface area contributed by atoms with Crippen LogP contribution < -0.4 is 5.32 Å². The fourth-order valence-electron chi connectivity index (χ4n) is 2.18. The van der Waals surface area contributed by atoms with Gasteiger partial charge in [-0.25, -0.2) is 0 Å². The van der Waals surface area contributed by atoms with E-state index >= 15 is 0 Å². The highest BCUT2D eigenvalue weighted by atomic mass is 16.3. The first-order valence-corrected chi connectivity index (χ1v) is 5.82. The number of hydrogen-bond acceptors (Lipinski definition) is 4. The average molecular weight is 217 g/mol. The Bertz CT molecular complexity index is 175. The third-order valence-corrected chi connectivity index (χ3v) is 3.46. The first kappa shape index (κ1) is 12.9. The van der Waals surface area contributed by atoms with Gasteiger partial charge in [0.05, 0.1) is 24.9 Å². The van der Waals surface area contributed by atoms with Crippen molar-refractivity contribution in [1.82, 2.24) is 5.32 Å². The van der Waals surface area contributed by atoms with Gasteiger partial charge >= 0.3 is 0 Å². The molecule has 0 aromatic rings. The first-order valence-electron chi connectivity index (χ1n) is 5.82. The number of aliphatic hydroxyl groups is 3. The van der Waals surface area contributed by atoms with Crippen LogP contribution in [0.15, 0.2) is 0 Å². The van der Waals surface area contributed by atoms with Crippen LogP contribution in [0.25, 0.3) is 0 Å². The normalized spacial score (nSPS) is 21.6. The van der Waals surface area contributed by atoms with Gasteiger partial charge in [0.1, 0.15) is 0 Å². The molecule has 4 heteroatoms. The van der Waals surface area contributed by atoms with Gasteiger partial charge in [0.25, 0.3) is 0 Å². The molecule has 1 unspecified atom stereocenters. The molecule has 1 rings (SSSR count). The minimum atomic E-state index is -0.942. The third kappa shape index (κ3) is 3.14. The van der Waals surface area contributed by atoms with E-state index in [1.54, 1.807) is 6.92 Å². The van der Waals surface area contributed by atoms with Crippen LogP contribution in [0.3, 0.4) is 0 Å². The summed E-state index contributed by atoms with van der Waals surface area (Å²) in [5.74, 6) is 0. The van der Waals surface area contributed by atoms with Crippen molar-refractivity contribution < 1.29 is 15.3 Å². The van der Waals surface area contributed by atoms with Gasteiger partial charge in [0, 0.05) is 6.04 Å². The second-order valence-electron chi connectivity index (χ2n) is 4.63. The summed E-state index contributed by atoms with van der Waals surface area (Å²) in [6.45, 7) is 1.12. The maximum Gasteiger partial charge on any atom is 0.0909 e. The number of nitrogens with one attached hydrogen (secondary N) is 1. The number of rotatable bonds is 5. The Morgan fingerprint density at radius 1 is 1.20 bits per heavy atom. The van der Waals surface area contributed by atoms with Crippen LogP contribution in [-0.2, 0) is 0 Å². The minimum Gasteiger partial charge on any atom is -0.394 e. The lowest BCUT2D eigenvalue weighted by atomic mass is 9.89. The van der Waals surface area contributed by atoms with E-state index in [0.717, 1.165) is 12.8 Å². The molecule has 0 saturated heterocycles. The maximum absolute atomic E-state index is 9.61. The van der Waals surface area contributed by atoms with Crippen molar-refractivity contribution in [3.05, 3.63) is 0 Å². The van der Waals surface area contributed by atoms with Crippen LogP contribution in [0.4, 0.5) is 0 Å². The molecule has 0 heterocycles. The summed E-state index contributed by atoms with van der Waals surface area (Å²) in [5, 5.41) is 31.4. The zero-order chi connectivity index (χ0) is 11.3. The van der Waals surface area contributed by atoms with Gasteiger partial charge in [0.15, 0.2) is 0 Å². The molecule has 0 spiro atoms. The van der Waals surface area contributed by atoms with Crippen molar-refractivity contribution in [1.29, 1.82) is 0 Å². The lowest BCUT2D eigenvalue weighted by Crippen LogP contribution is -2.62. The highest BCUT2D eigenvalue weighted by Gasteiger charge is 2.36. The second kappa shape index (κ2) is 5.80.